The van der Waals surface area contributed by atoms with Gasteiger partial charge in [-0.25, -0.2) is 9.78 Å². The van der Waals surface area contributed by atoms with Gasteiger partial charge in [-0.15, -0.1) is 0 Å². The Balaban J connectivity index is 2.46. The number of carbonyl (C=O) groups excluding carboxylic acids is 1. The van der Waals surface area contributed by atoms with Crippen molar-refractivity contribution in [2.75, 3.05) is 6.54 Å². The zero-order valence-corrected chi connectivity index (χ0v) is 8.04. The average molecular weight is 234 g/mol. The first-order valence-electron chi connectivity index (χ1n) is 3.38. The van der Waals surface area contributed by atoms with Gasteiger partial charge in [-0.2, -0.15) is 4.73 Å². The second-order valence-electron chi connectivity index (χ2n) is 1.97. The maximum absolute atomic E-state index is 10.8. The third-order valence-electron chi connectivity index (χ3n) is 1.04. The summed E-state index contributed by atoms with van der Waals surface area (Å²) >= 11 is 3.12. The van der Waals surface area contributed by atoms with Crippen LogP contribution in [0.1, 0.15) is 6.92 Å². The minimum Gasteiger partial charge on any atom is -0.320 e. The Hall–Kier alpha value is -1.04. The normalized spacial score (nSPS) is 9.50. The number of carbonyl (C=O) groups is 1. The summed E-state index contributed by atoms with van der Waals surface area (Å²) in [6.07, 6.45) is 2.43. The molecule has 0 saturated carbocycles. The van der Waals surface area contributed by atoms with E-state index in [0.717, 1.165) is 0 Å². The van der Waals surface area contributed by atoms with Gasteiger partial charge in [-0.3, -0.25) is 0 Å². The number of aromatic nitrogens is 2. The molecule has 12 heavy (non-hydrogen) atoms. The van der Waals surface area contributed by atoms with E-state index in [9.17, 15) is 4.79 Å². The summed E-state index contributed by atoms with van der Waals surface area (Å²) in [5.74, 6) is 0. The zero-order valence-electron chi connectivity index (χ0n) is 6.45. The predicted octanol–water partition coefficient (Wildman–Crippen LogP) is 0.804. The van der Waals surface area contributed by atoms with E-state index < -0.39 is 6.09 Å². The van der Waals surface area contributed by atoms with Crippen LogP contribution in [0.3, 0.4) is 0 Å². The molecule has 0 aliphatic carbocycles. The fourth-order valence-electron chi connectivity index (χ4n) is 0.606. The van der Waals surface area contributed by atoms with Gasteiger partial charge >= 0.3 is 6.09 Å². The molecule has 1 rings (SSSR count). The highest BCUT2D eigenvalue weighted by Crippen LogP contribution is 2.02. The molecule has 1 aromatic rings. The van der Waals surface area contributed by atoms with Crippen LogP contribution in [0.5, 0.6) is 0 Å². The molecule has 66 valence electrons. The summed E-state index contributed by atoms with van der Waals surface area (Å²) in [7, 11) is 0. The Bertz CT molecular complexity index is 274. The standard InChI is InChI=1S/C6H8BrN3O2/c1-2-8-6(11)12-10-3-5(7)9-4-10/h3-4H,2H2,1H3,(H,8,11). The molecular formula is C6H8BrN3O2. The van der Waals surface area contributed by atoms with E-state index in [1.165, 1.54) is 17.3 Å². The summed E-state index contributed by atoms with van der Waals surface area (Å²) in [6.45, 7) is 2.35. The van der Waals surface area contributed by atoms with Gasteiger partial charge in [0.05, 0.1) is 6.20 Å². The molecule has 0 atom stereocenters. The third kappa shape index (κ3) is 2.54. The summed E-state index contributed by atoms with van der Waals surface area (Å²) in [6, 6.07) is 0. The Morgan fingerprint density at radius 1 is 1.92 bits per heavy atom. The highest BCUT2D eigenvalue weighted by molar-refractivity contribution is 9.10. The molecule has 0 fully saturated rings. The fourth-order valence-corrected chi connectivity index (χ4v) is 0.899. The molecule has 6 heteroatoms. The maximum Gasteiger partial charge on any atom is 0.431 e. The highest BCUT2D eigenvalue weighted by atomic mass is 79.9. The van der Waals surface area contributed by atoms with Crippen LogP contribution in [0, 0.1) is 0 Å². The fraction of sp³-hybridized carbons (Fsp3) is 0.333. The van der Waals surface area contributed by atoms with Gasteiger partial charge in [0.2, 0.25) is 0 Å². The molecule has 0 radical (unpaired) electrons. The van der Waals surface area contributed by atoms with Gasteiger partial charge in [0.15, 0.2) is 0 Å². The second-order valence-corrected chi connectivity index (χ2v) is 2.78. The largest absolute Gasteiger partial charge is 0.431 e. The van der Waals surface area contributed by atoms with Crippen molar-refractivity contribution in [3.63, 3.8) is 0 Å². The highest BCUT2D eigenvalue weighted by Gasteiger charge is 2.01. The third-order valence-corrected chi connectivity index (χ3v) is 1.45. The first-order valence-corrected chi connectivity index (χ1v) is 4.17. The summed E-state index contributed by atoms with van der Waals surface area (Å²) < 4.78 is 1.83. The lowest BCUT2D eigenvalue weighted by atomic mass is 10.8. The van der Waals surface area contributed by atoms with Gasteiger partial charge in [0.1, 0.15) is 10.9 Å². The lowest BCUT2D eigenvalue weighted by Crippen LogP contribution is -2.31. The van der Waals surface area contributed by atoms with E-state index in [-0.39, 0.29) is 0 Å². The van der Waals surface area contributed by atoms with E-state index in [1.54, 1.807) is 0 Å². The van der Waals surface area contributed by atoms with Gasteiger partial charge in [-0.1, -0.05) is 0 Å². The van der Waals surface area contributed by atoms with E-state index in [0.29, 0.717) is 11.1 Å². The number of amides is 1. The molecule has 0 saturated heterocycles. The smallest absolute Gasteiger partial charge is 0.320 e. The summed E-state index contributed by atoms with van der Waals surface area (Å²) in [5, 5.41) is 2.48. The molecule has 1 heterocycles. The van der Waals surface area contributed by atoms with Crippen LogP contribution in [-0.2, 0) is 0 Å². The quantitative estimate of drug-likeness (QED) is 0.823. The number of nitrogens with zero attached hydrogens (tertiary/aromatic N) is 2. The van der Waals surface area contributed by atoms with E-state index in [2.05, 4.69) is 26.2 Å². The van der Waals surface area contributed by atoms with Crippen molar-refractivity contribution in [2.24, 2.45) is 0 Å². The number of nitrogens with one attached hydrogen (secondary N) is 1. The van der Waals surface area contributed by atoms with Crippen LogP contribution in [0.2, 0.25) is 0 Å². The van der Waals surface area contributed by atoms with Crippen molar-refractivity contribution in [3.8, 4) is 0 Å². The van der Waals surface area contributed by atoms with Crippen LogP contribution in [0.4, 0.5) is 4.79 Å². The van der Waals surface area contributed by atoms with Crippen LogP contribution >= 0.6 is 15.9 Å². The van der Waals surface area contributed by atoms with E-state index in [1.807, 2.05) is 6.92 Å². The number of rotatable bonds is 2. The van der Waals surface area contributed by atoms with Gasteiger partial charge in [-0.05, 0) is 22.9 Å². The van der Waals surface area contributed by atoms with Crippen molar-refractivity contribution in [1.29, 1.82) is 0 Å². The van der Waals surface area contributed by atoms with Crippen LogP contribution < -0.4 is 10.2 Å². The first kappa shape index (κ1) is 9.05. The van der Waals surface area contributed by atoms with Gasteiger partial charge in [0, 0.05) is 6.54 Å². The molecule has 5 nitrogen and oxygen atoms in total. The summed E-state index contributed by atoms with van der Waals surface area (Å²) in [4.78, 5) is 19.4. The van der Waals surface area contributed by atoms with E-state index in [4.69, 9.17) is 4.84 Å². The monoisotopic (exact) mass is 233 g/mol. The molecule has 1 amide bonds. The van der Waals surface area contributed by atoms with Crippen LogP contribution in [0.15, 0.2) is 17.1 Å². The SMILES string of the molecule is CCNC(=O)On1cnc(Br)c1. The zero-order chi connectivity index (χ0) is 8.97. The molecule has 0 unspecified atom stereocenters. The topological polar surface area (TPSA) is 56.1 Å². The number of imidazole rings is 1. The average Bonchev–Trinajstić information content (AvgIpc) is 2.36. The van der Waals surface area contributed by atoms with E-state index >= 15 is 0 Å². The molecule has 1 N–H and O–H groups in total. The Kier molecular flexibility index (Phi) is 3.09. The molecule has 0 aliphatic rings. The Morgan fingerprint density at radius 3 is 3.17 bits per heavy atom. The Morgan fingerprint density at radius 2 is 2.67 bits per heavy atom. The Labute approximate surface area is 77.8 Å². The predicted molar refractivity (Wildman–Crippen MR) is 45.6 cm³/mol. The summed E-state index contributed by atoms with van der Waals surface area (Å²) in [5.41, 5.74) is 0. The number of hydrogen-bond acceptors (Lipinski definition) is 3. The molecule has 0 bridgehead atoms. The lowest BCUT2D eigenvalue weighted by molar-refractivity contribution is 0.133. The van der Waals surface area contributed by atoms with Crippen molar-refractivity contribution in [1.82, 2.24) is 15.0 Å². The van der Waals surface area contributed by atoms with Crippen molar-refractivity contribution >= 4 is 22.0 Å². The van der Waals surface area contributed by atoms with Crippen LogP contribution in [-0.4, -0.2) is 22.4 Å². The first-order chi connectivity index (χ1) is 5.72. The molecule has 0 aliphatic heterocycles. The molecule has 0 spiro atoms. The van der Waals surface area contributed by atoms with Crippen molar-refractivity contribution in [3.05, 3.63) is 17.1 Å². The van der Waals surface area contributed by atoms with Gasteiger partial charge < -0.3 is 10.2 Å². The van der Waals surface area contributed by atoms with Crippen molar-refractivity contribution in [2.45, 2.75) is 6.92 Å². The van der Waals surface area contributed by atoms with Crippen molar-refractivity contribution < 1.29 is 9.63 Å². The molecule has 1 aromatic heterocycles. The number of hydrogen-bond donors (Lipinski definition) is 1. The molecule has 0 aromatic carbocycles. The molecular weight excluding hydrogens is 226 g/mol. The van der Waals surface area contributed by atoms with Gasteiger partial charge in [0.25, 0.3) is 0 Å². The maximum atomic E-state index is 10.8. The minimum absolute atomic E-state index is 0.498. The second kappa shape index (κ2) is 4.10. The van der Waals surface area contributed by atoms with Crippen LogP contribution in [0.25, 0.3) is 0 Å². The lowest BCUT2D eigenvalue weighted by Gasteiger charge is -2.02. The minimum atomic E-state index is -0.498. The number of halogens is 1.